The van der Waals surface area contributed by atoms with Gasteiger partial charge in [-0.25, -0.2) is 0 Å². The molecular formula is C11H14O2. The molecule has 0 unspecified atom stereocenters. The summed E-state index contributed by atoms with van der Waals surface area (Å²) in [5.74, 6) is 0.914. The highest BCUT2D eigenvalue weighted by Gasteiger charge is 1.97. The van der Waals surface area contributed by atoms with Crippen LogP contribution in [0.3, 0.4) is 0 Å². The van der Waals surface area contributed by atoms with Gasteiger partial charge in [-0.2, -0.15) is 0 Å². The fourth-order valence-electron chi connectivity index (χ4n) is 1.02. The molecular weight excluding hydrogens is 164 g/mol. The number of ether oxygens (including phenoxy) is 1. The van der Waals surface area contributed by atoms with E-state index in [4.69, 9.17) is 4.74 Å². The maximum atomic E-state index is 9.26. The van der Waals surface area contributed by atoms with E-state index in [0.29, 0.717) is 12.4 Å². The second kappa shape index (κ2) is 3.99. The van der Waals surface area contributed by atoms with Gasteiger partial charge in [0.2, 0.25) is 0 Å². The number of rotatable bonds is 3. The average molecular weight is 178 g/mol. The molecule has 0 radical (unpaired) electrons. The second-order valence-electron chi connectivity index (χ2n) is 3.25. The molecule has 1 N–H and O–H groups in total. The summed E-state index contributed by atoms with van der Waals surface area (Å²) in [7, 11) is 0. The van der Waals surface area contributed by atoms with Gasteiger partial charge < -0.3 is 9.84 Å². The molecule has 0 aliphatic carbocycles. The van der Waals surface area contributed by atoms with Crippen molar-refractivity contribution in [2.75, 3.05) is 6.61 Å². The van der Waals surface area contributed by atoms with Crippen molar-refractivity contribution >= 4 is 0 Å². The van der Waals surface area contributed by atoms with Crippen LogP contribution < -0.4 is 4.74 Å². The molecule has 0 spiro atoms. The number of phenolic OH excluding ortho intramolecular Hbond substituents is 1. The Bertz CT molecular complexity index is 296. The summed E-state index contributed by atoms with van der Waals surface area (Å²) in [5.41, 5.74) is 1.94. The van der Waals surface area contributed by atoms with Gasteiger partial charge in [0.25, 0.3) is 0 Å². The minimum Gasteiger partial charge on any atom is -0.508 e. The lowest BCUT2D eigenvalue weighted by Gasteiger charge is -2.06. The monoisotopic (exact) mass is 178 g/mol. The highest BCUT2D eigenvalue weighted by molar-refractivity contribution is 5.36. The van der Waals surface area contributed by atoms with Gasteiger partial charge in [0.1, 0.15) is 18.1 Å². The molecule has 0 bridgehead atoms. The van der Waals surface area contributed by atoms with E-state index in [1.807, 2.05) is 19.9 Å². The lowest BCUT2D eigenvalue weighted by molar-refractivity contribution is 0.349. The van der Waals surface area contributed by atoms with Crippen molar-refractivity contribution in [3.63, 3.8) is 0 Å². The highest BCUT2D eigenvalue weighted by Crippen LogP contribution is 2.21. The summed E-state index contributed by atoms with van der Waals surface area (Å²) in [6, 6.07) is 5.16. The third-order valence-corrected chi connectivity index (χ3v) is 1.52. The third-order valence-electron chi connectivity index (χ3n) is 1.52. The first-order chi connectivity index (χ1) is 6.08. The van der Waals surface area contributed by atoms with Gasteiger partial charge >= 0.3 is 0 Å². The first-order valence-electron chi connectivity index (χ1n) is 4.16. The lowest BCUT2D eigenvalue weighted by atomic mass is 10.2. The van der Waals surface area contributed by atoms with E-state index in [-0.39, 0.29) is 5.75 Å². The Morgan fingerprint density at radius 2 is 2.15 bits per heavy atom. The zero-order valence-electron chi connectivity index (χ0n) is 8.00. The Morgan fingerprint density at radius 1 is 1.46 bits per heavy atom. The minimum absolute atomic E-state index is 0.233. The molecule has 1 rings (SSSR count). The van der Waals surface area contributed by atoms with Crippen molar-refractivity contribution in [1.82, 2.24) is 0 Å². The number of hydrogen-bond donors (Lipinski definition) is 1. The smallest absolute Gasteiger partial charge is 0.123 e. The van der Waals surface area contributed by atoms with E-state index in [9.17, 15) is 5.11 Å². The summed E-state index contributed by atoms with van der Waals surface area (Å²) in [6.07, 6.45) is 0. The Hall–Kier alpha value is -1.44. The van der Waals surface area contributed by atoms with Crippen LogP contribution >= 0.6 is 0 Å². The molecule has 0 aromatic heterocycles. The minimum atomic E-state index is 0.233. The van der Waals surface area contributed by atoms with E-state index >= 15 is 0 Å². The van der Waals surface area contributed by atoms with Gasteiger partial charge in [-0.1, -0.05) is 6.58 Å². The van der Waals surface area contributed by atoms with Crippen molar-refractivity contribution < 1.29 is 9.84 Å². The van der Waals surface area contributed by atoms with E-state index in [1.165, 1.54) is 0 Å². The van der Waals surface area contributed by atoms with Crippen LogP contribution in [0.4, 0.5) is 0 Å². The third kappa shape index (κ3) is 3.20. The molecule has 0 fully saturated rings. The van der Waals surface area contributed by atoms with E-state index in [1.54, 1.807) is 12.1 Å². The van der Waals surface area contributed by atoms with Crippen LogP contribution in [0.25, 0.3) is 0 Å². The Labute approximate surface area is 78.5 Å². The van der Waals surface area contributed by atoms with Crippen molar-refractivity contribution in [3.05, 3.63) is 35.9 Å². The summed E-state index contributed by atoms with van der Waals surface area (Å²) in [6.45, 7) is 8.03. The van der Waals surface area contributed by atoms with Crippen LogP contribution in [0.15, 0.2) is 30.4 Å². The summed E-state index contributed by atoms with van der Waals surface area (Å²) < 4.78 is 5.37. The van der Waals surface area contributed by atoms with E-state index in [0.717, 1.165) is 11.1 Å². The van der Waals surface area contributed by atoms with Crippen molar-refractivity contribution in [3.8, 4) is 11.5 Å². The van der Waals surface area contributed by atoms with Crippen LogP contribution in [-0.2, 0) is 0 Å². The quantitative estimate of drug-likeness (QED) is 0.721. The van der Waals surface area contributed by atoms with Gasteiger partial charge in [-0.3, -0.25) is 0 Å². The molecule has 0 heterocycles. The fraction of sp³-hybridized carbons (Fsp3) is 0.273. The first kappa shape index (κ1) is 9.65. The molecule has 1 aromatic rings. The van der Waals surface area contributed by atoms with Crippen molar-refractivity contribution in [2.45, 2.75) is 13.8 Å². The largest absolute Gasteiger partial charge is 0.508 e. The number of aryl methyl sites for hydroxylation is 1. The summed E-state index contributed by atoms with van der Waals surface area (Å²) in [5, 5.41) is 9.26. The molecule has 70 valence electrons. The molecule has 0 aliphatic heterocycles. The van der Waals surface area contributed by atoms with Crippen molar-refractivity contribution in [2.24, 2.45) is 0 Å². The summed E-state index contributed by atoms with van der Waals surface area (Å²) >= 11 is 0. The van der Waals surface area contributed by atoms with Crippen LogP contribution in [0.1, 0.15) is 12.5 Å². The van der Waals surface area contributed by atoms with Gasteiger partial charge in [0.15, 0.2) is 0 Å². The predicted octanol–water partition coefficient (Wildman–Crippen LogP) is 2.66. The Morgan fingerprint density at radius 3 is 2.69 bits per heavy atom. The topological polar surface area (TPSA) is 29.5 Å². The van der Waals surface area contributed by atoms with Crippen LogP contribution in [0.5, 0.6) is 11.5 Å². The second-order valence-corrected chi connectivity index (χ2v) is 3.25. The van der Waals surface area contributed by atoms with Crippen LogP contribution in [0, 0.1) is 6.92 Å². The molecule has 2 nitrogen and oxygen atoms in total. The number of benzene rings is 1. The molecule has 0 saturated heterocycles. The number of aromatic hydroxyl groups is 1. The molecule has 2 heteroatoms. The summed E-state index contributed by atoms with van der Waals surface area (Å²) in [4.78, 5) is 0. The fourth-order valence-corrected chi connectivity index (χ4v) is 1.02. The maximum Gasteiger partial charge on any atom is 0.123 e. The van der Waals surface area contributed by atoms with E-state index < -0.39 is 0 Å². The van der Waals surface area contributed by atoms with Crippen LogP contribution in [-0.4, -0.2) is 11.7 Å². The molecule has 0 saturated carbocycles. The SMILES string of the molecule is C=C(C)COc1cc(C)cc(O)c1. The Kier molecular flexibility index (Phi) is 2.96. The number of hydrogen-bond acceptors (Lipinski definition) is 2. The van der Waals surface area contributed by atoms with Gasteiger partial charge in [-0.05, 0) is 37.1 Å². The van der Waals surface area contributed by atoms with Gasteiger partial charge in [-0.15, -0.1) is 0 Å². The highest BCUT2D eigenvalue weighted by atomic mass is 16.5. The first-order valence-corrected chi connectivity index (χ1v) is 4.16. The molecule has 0 atom stereocenters. The Balaban J connectivity index is 2.71. The van der Waals surface area contributed by atoms with Crippen LogP contribution in [0.2, 0.25) is 0 Å². The predicted molar refractivity (Wildman–Crippen MR) is 53.2 cm³/mol. The normalized spacial score (nSPS) is 9.69. The molecule has 0 aliphatic rings. The zero-order chi connectivity index (χ0) is 9.84. The van der Waals surface area contributed by atoms with Gasteiger partial charge in [0.05, 0.1) is 0 Å². The molecule has 0 amide bonds. The average Bonchev–Trinajstić information content (AvgIpc) is 1.99. The molecule has 13 heavy (non-hydrogen) atoms. The lowest BCUT2D eigenvalue weighted by Crippen LogP contribution is -1.97. The van der Waals surface area contributed by atoms with Crippen molar-refractivity contribution in [1.29, 1.82) is 0 Å². The standard InChI is InChI=1S/C11H14O2/c1-8(2)7-13-11-5-9(3)4-10(12)6-11/h4-6,12H,1,7H2,2-3H3. The number of phenols is 1. The van der Waals surface area contributed by atoms with E-state index in [2.05, 4.69) is 6.58 Å². The zero-order valence-corrected chi connectivity index (χ0v) is 8.00. The molecule has 1 aromatic carbocycles. The van der Waals surface area contributed by atoms with Gasteiger partial charge in [0, 0.05) is 6.07 Å². The maximum absolute atomic E-state index is 9.26.